The zero-order valence-corrected chi connectivity index (χ0v) is 15.8. The van der Waals surface area contributed by atoms with Crippen LogP contribution in [0.5, 0.6) is 0 Å². The van der Waals surface area contributed by atoms with E-state index < -0.39 is 12.1 Å². The van der Waals surface area contributed by atoms with Crippen LogP contribution in [0.25, 0.3) is 11.1 Å². The lowest BCUT2D eigenvalue weighted by Crippen LogP contribution is -2.32. The van der Waals surface area contributed by atoms with Crippen LogP contribution in [0.15, 0.2) is 34.9 Å². The van der Waals surface area contributed by atoms with Gasteiger partial charge < -0.3 is 19.8 Å². The fourth-order valence-corrected chi connectivity index (χ4v) is 2.94. The topological polar surface area (TPSA) is 78.6 Å². The number of likely N-dealkylation sites (tertiary alicyclic amines) is 1. The molecule has 0 aliphatic carbocycles. The van der Waals surface area contributed by atoms with Gasteiger partial charge in [-0.3, -0.25) is 0 Å². The molecular weight excluding hydrogens is 375 g/mol. The summed E-state index contributed by atoms with van der Waals surface area (Å²) in [5, 5.41) is 14.7. The van der Waals surface area contributed by atoms with E-state index in [-0.39, 0.29) is 0 Å². The minimum atomic E-state index is -5.08. The first-order valence-electron chi connectivity index (χ1n) is 8.92. The monoisotopic (exact) mass is 399 g/mol. The van der Waals surface area contributed by atoms with Crippen LogP contribution in [0.3, 0.4) is 0 Å². The molecule has 0 unspecified atom stereocenters. The minimum absolute atomic E-state index is 0.718. The predicted molar refractivity (Wildman–Crippen MR) is 99.1 cm³/mol. The molecule has 28 heavy (non-hydrogen) atoms. The van der Waals surface area contributed by atoms with Crippen molar-refractivity contribution >= 4 is 11.9 Å². The molecule has 0 saturated carbocycles. The molecule has 9 heteroatoms. The van der Waals surface area contributed by atoms with Gasteiger partial charge in [-0.2, -0.15) is 13.2 Å². The first kappa shape index (κ1) is 21.7. The lowest BCUT2D eigenvalue weighted by Gasteiger charge is -2.28. The average molecular weight is 399 g/mol. The van der Waals surface area contributed by atoms with Crippen molar-refractivity contribution in [1.82, 2.24) is 10.1 Å². The Labute approximate surface area is 161 Å². The molecule has 2 aromatic rings. The van der Waals surface area contributed by atoms with E-state index >= 15 is 0 Å². The zero-order valence-electron chi connectivity index (χ0n) is 15.8. The van der Waals surface area contributed by atoms with E-state index in [1.807, 2.05) is 25.1 Å². The van der Waals surface area contributed by atoms with Crippen molar-refractivity contribution in [2.45, 2.75) is 25.9 Å². The maximum Gasteiger partial charge on any atom is 0.490 e. The van der Waals surface area contributed by atoms with E-state index in [4.69, 9.17) is 14.4 Å². The van der Waals surface area contributed by atoms with Gasteiger partial charge in [0.2, 0.25) is 5.88 Å². The number of nitrogens with one attached hydrogen (secondary N) is 1. The molecule has 1 aromatic heterocycles. The largest absolute Gasteiger partial charge is 0.490 e. The molecule has 1 aliphatic rings. The van der Waals surface area contributed by atoms with Crippen LogP contribution in [-0.2, 0) is 4.79 Å². The van der Waals surface area contributed by atoms with Crippen LogP contribution in [0.4, 0.5) is 19.1 Å². The third-order valence-electron chi connectivity index (χ3n) is 4.56. The Morgan fingerprint density at radius 1 is 1.29 bits per heavy atom. The van der Waals surface area contributed by atoms with Gasteiger partial charge >= 0.3 is 12.1 Å². The summed E-state index contributed by atoms with van der Waals surface area (Å²) in [4.78, 5) is 11.3. The molecule has 1 saturated heterocycles. The number of anilines is 1. The summed E-state index contributed by atoms with van der Waals surface area (Å²) in [5.41, 5.74) is 3.18. The molecule has 2 heterocycles. The van der Waals surface area contributed by atoms with E-state index in [1.54, 1.807) is 0 Å². The molecule has 3 rings (SSSR count). The van der Waals surface area contributed by atoms with Crippen molar-refractivity contribution < 1.29 is 27.6 Å². The molecule has 1 fully saturated rings. The second kappa shape index (κ2) is 9.59. The van der Waals surface area contributed by atoms with Crippen molar-refractivity contribution in [3.63, 3.8) is 0 Å². The highest BCUT2D eigenvalue weighted by molar-refractivity contribution is 5.76. The number of hydrogen-bond acceptors (Lipinski definition) is 5. The maximum absolute atomic E-state index is 10.6. The normalized spacial score (nSPS) is 15.6. The third-order valence-corrected chi connectivity index (χ3v) is 4.56. The maximum atomic E-state index is 10.6. The molecular formula is C19H24F3N3O3. The highest BCUT2D eigenvalue weighted by atomic mass is 19.4. The fraction of sp³-hybridized carbons (Fsp3) is 0.474. The van der Waals surface area contributed by atoms with E-state index in [2.05, 4.69) is 34.6 Å². The van der Waals surface area contributed by atoms with Gasteiger partial charge in [-0.25, -0.2) is 4.79 Å². The van der Waals surface area contributed by atoms with E-state index in [0.29, 0.717) is 0 Å². The minimum Gasteiger partial charge on any atom is -0.475 e. The molecule has 1 aromatic carbocycles. The lowest BCUT2D eigenvalue weighted by atomic mass is 9.97. The van der Waals surface area contributed by atoms with Gasteiger partial charge in [0.05, 0.1) is 11.3 Å². The Morgan fingerprint density at radius 2 is 1.86 bits per heavy atom. The third kappa shape index (κ3) is 6.26. The van der Waals surface area contributed by atoms with E-state index in [9.17, 15) is 13.2 Å². The number of halogens is 3. The number of hydrogen-bond donors (Lipinski definition) is 2. The van der Waals surface area contributed by atoms with Crippen LogP contribution in [-0.4, -0.2) is 54.0 Å². The Bertz CT molecular complexity index is 755. The smallest absolute Gasteiger partial charge is 0.475 e. The number of rotatable bonds is 4. The molecule has 0 spiro atoms. The quantitative estimate of drug-likeness (QED) is 0.808. The van der Waals surface area contributed by atoms with Crippen LogP contribution < -0.4 is 5.32 Å². The molecule has 0 bridgehead atoms. The number of aromatic nitrogens is 1. The summed E-state index contributed by atoms with van der Waals surface area (Å²) in [5.74, 6) is -1.24. The number of aliphatic carboxylic acids is 1. The molecule has 154 valence electrons. The Balaban J connectivity index is 0.000000345. The predicted octanol–water partition coefficient (Wildman–Crippen LogP) is 4.04. The highest BCUT2D eigenvalue weighted by Crippen LogP contribution is 2.31. The number of carboxylic acids is 1. The van der Waals surface area contributed by atoms with Gasteiger partial charge in [0.1, 0.15) is 0 Å². The molecule has 6 nitrogen and oxygen atoms in total. The number of carbonyl (C=O) groups is 1. The molecule has 0 amide bonds. The molecule has 1 aliphatic heterocycles. The van der Waals surface area contributed by atoms with Gasteiger partial charge in [-0.1, -0.05) is 35.5 Å². The first-order valence-corrected chi connectivity index (χ1v) is 8.92. The van der Waals surface area contributed by atoms with Gasteiger partial charge in [-0.05, 0) is 51.4 Å². The van der Waals surface area contributed by atoms with Crippen LogP contribution in [0, 0.1) is 12.8 Å². The Hall–Kier alpha value is -2.55. The van der Waals surface area contributed by atoms with Gasteiger partial charge in [-0.15, -0.1) is 0 Å². The Morgan fingerprint density at radius 3 is 2.39 bits per heavy atom. The zero-order chi connectivity index (χ0) is 20.7. The van der Waals surface area contributed by atoms with Crippen LogP contribution in [0.1, 0.15) is 18.5 Å². The van der Waals surface area contributed by atoms with E-state index in [0.717, 1.165) is 35.2 Å². The highest BCUT2D eigenvalue weighted by Gasteiger charge is 2.38. The summed E-state index contributed by atoms with van der Waals surface area (Å²) in [7, 11) is 2.19. The lowest BCUT2D eigenvalue weighted by molar-refractivity contribution is -0.192. The standard InChI is InChI=1S/C17H23N3O.C2HF3O2/c1-13-16(15-6-4-3-5-7-15)17(21-19-13)18-12-14-8-10-20(2)11-9-14;3-2(4,5)1(6)7/h3-7,14,18H,8-12H2,1-2H3;(H,6,7). The second-order valence-electron chi connectivity index (χ2n) is 6.77. The van der Waals surface area contributed by atoms with Crippen LogP contribution in [0.2, 0.25) is 0 Å². The summed E-state index contributed by atoms with van der Waals surface area (Å²) in [6, 6.07) is 10.3. The Kier molecular flexibility index (Phi) is 7.45. The number of aryl methyl sites for hydroxylation is 1. The molecule has 0 atom stereocenters. The SMILES string of the molecule is Cc1noc(NCC2CCN(C)CC2)c1-c1ccccc1.O=C(O)C(F)(F)F. The number of benzene rings is 1. The second-order valence-corrected chi connectivity index (χ2v) is 6.77. The number of piperidine rings is 1. The van der Waals surface area contributed by atoms with Crippen molar-refractivity contribution in [3.05, 3.63) is 36.0 Å². The van der Waals surface area contributed by atoms with Gasteiger partial charge in [0.25, 0.3) is 0 Å². The van der Waals surface area contributed by atoms with Crippen LogP contribution >= 0.6 is 0 Å². The number of alkyl halides is 3. The van der Waals surface area contributed by atoms with Gasteiger partial charge in [0, 0.05) is 6.54 Å². The fourth-order valence-electron chi connectivity index (χ4n) is 2.94. The van der Waals surface area contributed by atoms with Crippen molar-refractivity contribution in [2.24, 2.45) is 5.92 Å². The van der Waals surface area contributed by atoms with Crippen molar-refractivity contribution in [2.75, 3.05) is 32.0 Å². The summed E-state index contributed by atoms with van der Waals surface area (Å²) in [6.45, 7) is 5.33. The number of carboxylic acid groups (broad SMARTS) is 1. The van der Waals surface area contributed by atoms with Gasteiger partial charge in [0.15, 0.2) is 0 Å². The average Bonchev–Trinajstić information content (AvgIpc) is 3.02. The first-order chi connectivity index (χ1) is 13.2. The summed E-state index contributed by atoms with van der Waals surface area (Å²) >= 11 is 0. The number of nitrogens with zero attached hydrogens (tertiary/aromatic N) is 2. The van der Waals surface area contributed by atoms with E-state index in [1.165, 1.54) is 25.9 Å². The van der Waals surface area contributed by atoms with Crippen molar-refractivity contribution in [1.29, 1.82) is 0 Å². The summed E-state index contributed by atoms with van der Waals surface area (Å²) in [6.07, 6.45) is -2.59. The summed E-state index contributed by atoms with van der Waals surface area (Å²) < 4.78 is 37.2. The molecule has 2 N–H and O–H groups in total. The molecule has 0 radical (unpaired) electrons. The van der Waals surface area contributed by atoms with Crippen molar-refractivity contribution in [3.8, 4) is 11.1 Å².